The molecule has 3 N–H and O–H groups in total. The minimum absolute atomic E-state index is 0.125. The Morgan fingerprint density at radius 1 is 0.346 bits per heavy atom. The van der Waals surface area contributed by atoms with E-state index in [1.807, 2.05) is 24.3 Å². The predicted molar refractivity (Wildman–Crippen MR) is 344 cm³/mol. The number of aromatic amines is 3. The summed E-state index contributed by atoms with van der Waals surface area (Å²) in [7, 11) is 0. The molecule has 416 valence electrons. The maximum Gasteiger partial charge on any atom is 0.332 e. The number of nitrogens with zero attached hydrogens (tertiary/aromatic N) is 3. The van der Waals surface area contributed by atoms with Gasteiger partial charge in [-0.25, -0.2) is 14.8 Å². The fourth-order valence-corrected chi connectivity index (χ4v) is 10.9. The molecule has 0 atom stereocenters. The van der Waals surface area contributed by atoms with Crippen LogP contribution in [-0.2, 0) is 32.5 Å². The Hall–Kier alpha value is -7.84. The first-order valence-corrected chi connectivity index (χ1v) is 28.7. The molecule has 8 nitrogen and oxygen atoms in total. The van der Waals surface area contributed by atoms with Crippen LogP contribution in [-0.4, -0.2) is 29.5 Å². The number of nitrogens with one attached hydrogen (secondary N) is 3. The summed E-state index contributed by atoms with van der Waals surface area (Å²) >= 11 is 0. The lowest BCUT2D eigenvalue weighted by molar-refractivity contribution is 0.568. The number of fused-ring (bicyclic) bond motifs is 8. The van der Waals surface area contributed by atoms with Gasteiger partial charge in [0.15, 0.2) is 0 Å². The highest BCUT2D eigenvalue weighted by Crippen LogP contribution is 2.44. The molecule has 8 bridgehead atoms. The number of H-pyrrole nitrogens is 3. The number of rotatable bonds is 5. The van der Waals surface area contributed by atoms with Gasteiger partial charge in [0.25, 0.3) is 5.56 Å². The van der Waals surface area contributed by atoms with Crippen LogP contribution in [0.15, 0.2) is 119 Å². The third kappa shape index (κ3) is 11.2. The van der Waals surface area contributed by atoms with E-state index in [2.05, 4.69) is 243 Å². The third-order valence-electron chi connectivity index (χ3n) is 16.2. The van der Waals surface area contributed by atoms with Gasteiger partial charge in [-0.1, -0.05) is 191 Å². The summed E-state index contributed by atoms with van der Waals surface area (Å²) in [6, 6.07) is 38.0. The van der Waals surface area contributed by atoms with Crippen molar-refractivity contribution in [3.63, 3.8) is 0 Å². The molecule has 0 amide bonds. The minimum Gasteiger partial charge on any atom is -0.354 e. The van der Waals surface area contributed by atoms with Gasteiger partial charge in [-0.15, -0.1) is 0 Å². The molecule has 4 aromatic carbocycles. The lowest BCUT2D eigenvalue weighted by Crippen LogP contribution is -2.29. The van der Waals surface area contributed by atoms with Crippen molar-refractivity contribution in [3.05, 3.63) is 192 Å². The molecule has 0 radical (unpaired) electrons. The zero-order valence-corrected chi connectivity index (χ0v) is 51.4. The van der Waals surface area contributed by atoms with E-state index in [1.54, 1.807) is 13.1 Å². The molecule has 8 aromatic rings. The Bertz CT molecular complexity index is 4030. The molecule has 6 heterocycles. The van der Waals surface area contributed by atoms with E-state index >= 15 is 0 Å². The summed E-state index contributed by atoms with van der Waals surface area (Å²) in [6.45, 7) is 42.9. The third-order valence-corrected chi connectivity index (χ3v) is 16.2. The van der Waals surface area contributed by atoms with Gasteiger partial charge >= 0.3 is 5.69 Å². The number of aromatic nitrogens is 6. The molecule has 10 rings (SSSR count). The van der Waals surface area contributed by atoms with Gasteiger partial charge in [0.05, 0.1) is 28.5 Å². The Labute approximate surface area is 479 Å². The van der Waals surface area contributed by atoms with Gasteiger partial charge in [0.1, 0.15) is 0 Å². The average Bonchev–Trinajstić information content (AvgIpc) is 4.28. The zero-order valence-electron chi connectivity index (χ0n) is 51.4. The van der Waals surface area contributed by atoms with E-state index in [-0.39, 0.29) is 32.5 Å². The molecular weight excluding hydrogens is 993 g/mol. The molecular formula is C73H82N6O2. The lowest BCUT2D eigenvalue weighted by Gasteiger charge is -2.26. The Balaban J connectivity index is 1.41. The zero-order chi connectivity index (χ0) is 58.7. The van der Waals surface area contributed by atoms with E-state index in [4.69, 9.17) is 9.97 Å². The second-order valence-corrected chi connectivity index (χ2v) is 28.9. The lowest BCUT2D eigenvalue weighted by atomic mass is 9.78. The van der Waals surface area contributed by atoms with E-state index in [0.29, 0.717) is 11.3 Å². The minimum atomic E-state index is -0.497. The van der Waals surface area contributed by atoms with Crippen LogP contribution in [0.3, 0.4) is 0 Å². The Morgan fingerprint density at radius 2 is 0.617 bits per heavy atom. The molecule has 0 fully saturated rings. The van der Waals surface area contributed by atoms with E-state index < -0.39 is 11.2 Å². The number of benzene rings is 4. The Morgan fingerprint density at radius 3 is 0.889 bits per heavy atom. The number of hydrogen-bond donors (Lipinski definition) is 3. The van der Waals surface area contributed by atoms with E-state index in [0.717, 1.165) is 89.4 Å². The van der Waals surface area contributed by atoms with Crippen molar-refractivity contribution >= 4 is 46.4 Å². The predicted octanol–water partition coefficient (Wildman–Crippen LogP) is 18.3. The van der Waals surface area contributed by atoms with Crippen LogP contribution in [0.2, 0.25) is 0 Å². The quantitative estimate of drug-likeness (QED) is 0.159. The van der Waals surface area contributed by atoms with Crippen LogP contribution in [0.5, 0.6) is 0 Å². The molecule has 0 unspecified atom stereocenters. The van der Waals surface area contributed by atoms with Gasteiger partial charge in [0, 0.05) is 56.1 Å². The fourth-order valence-electron chi connectivity index (χ4n) is 10.9. The van der Waals surface area contributed by atoms with Crippen molar-refractivity contribution in [1.82, 2.24) is 29.5 Å². The van der Waals surface area contributed by atoms with Crippen LogP contribution in [0.4, 0.5) is 0 Å². The molecule has 0 saturated heterocycles. The highest BCUT2D eigenvalue weighted by Gasteiger charge is 2.28. The molecule has 0 saturated carbocycles. The summed E-state index contributed by atoms with van der Waals surface area (Å²) in [5.74, 6) is 0. The molecule has 2 aliphatic rings. The first kappa shape index (κ1) is 56.4. The molecule has 0 aliphatic carbocycles. The highest BCUT2D eigenvalue weighted by atomic mass is 16.2. The molecule has 4 aromatic heterocycles. The maximum atomic E-state index is 13.2. The van der Waals surface area contributed by atoms with Crippen molar-refractivity contribution in [3.8, 4) is 50.2 Å². The average molecular weight is 1080 g/mol. The van der Waals surface area contributed by atoms with Gasteiger partial charge in [-0.05, 0) is 156 Å². The van der Waals surface area contributed by atoms with Gasteiger partial charge in [-0.3, -0.25) is 14.3 Å². The van der Waals surface area contributed by atoms with E-state index in [1.165, 1.54) is 37.9 Å². The van der Waals surface area contributed by atoms with Crippen molar-refractivity contribution in [1.29, 1.82) is 0 Å². The smallest absolute Gasteiger partial charge is 0.332 e. The SMILES string of the molecule is Cc1cn(-c2ccc(-c3c4nc(c(-c5cc(C(C)(C)C)cc(C(C)(C)C)c5)c5ccc([nH]5)c(-c5cc(C(C)(C)C)cc(C(C)(C)C)c5)c5nc(c(-c6cc(C(C)(C)C)cc(C(C)(C)C)c6)c6ccc3[nH]6)C=C5)C=C4)cc2)c(=O)[nH]c1=O. The first-order valence-electron chi connectivity index (χ1n) is 28.7. The second-order valence-electron chi connectivity index (χ2n) is 28.9. The number of aryl methyl sites for hydroxylation is 1. The second kappa shape index (κ2) is 19.7. The van der Waals surface area contributed by atoms with Crippen LogP contribution in [0.25, 0.3) is 96.6 Å². The normalized spacial score (nSPS) is 13.4. The van der Waals surface area contributed by atoms with Crippen LogP contribution < -0.4 is 11.2 Å². The van der Waals surface area contributed by atoms with Gasteiger partial charge < -0.3 is 9.97 Å². The Kier molecular flexibility index (Phi) is 13.7. The summed E-state index contributed by atoms with van der Waals surface area (Å²) in [5.41, 5.74) is 21.9. The molecule has 0 spiro atoms. The maximum absolute atomic E-state index is 13.2. The first-order chi connectivity index (χ1) is 37.6. The molecule has 8 heteroatoms. The number of hydrogen-bond acceptors (Lipinski definition) is 4. The molecule has 2 aliphatic heterocycles. The van der Waals surface area contributed by atoms with Crippen molar-refractivity contribution in [2.75, 3.05) is 0 Å². The monoisotopic (exact) mass is 1070 g/mol. The van der Waals surface area contributed by atoms with Crippen LogP contribution in [0.1, 0.15) is 186 Å². The summed E-state index contributed by atoms with van der Waals surface area (Å²) in [5, 5.41) is 0. The van der Waals surface area contributed by atoms with Gasteiger partial charge in [0.2, 0.25) is 0 Å². The summed E-state index contributed by atoms with van der Waals surface area (Å²) in [4.78, 5) is 47.7. The topological polar surface area (TPSA) is 112 Å². The summed E-state index contributed by atoms with van der Waals surface area (Å²) in [6.07, 6.45) is 10.3. The van der Waals surface area contributed by atoms with Crippen molar-refractivity contribution in [2.24, 2.45) is 0 Å². The van der Waals surface area contributed by atoms with Gasteiger partial charge in [-0.2, -0.15) is 0 Å². The van der Waals surface area contributed by atoms with Crippen molar-refractivity contribution in [2.45, 2.75) is 164 Å². The fraction of sp³-hybridized carbons (Fsp3) is 0.342. The molecule has 81 heavy (non-hydrogen) atoms. The van der Waals surface area contributed by atoms with E-state index in [9.17, 15) is 9.59 Å². The van der Waals surface area contributed by atoms with Crippen LogP contribution >= 0.6 is 0 Å². The van der Waals surface area contributed by atoms with Crippen LogP contribution in [0, 0.1) is 6.92 Å². The highest BCUT2D eigenvalue weighted by molar-refractivity contribution is 6.00. The summed E-state index contributed by atoms with van der Waals surface area (Å²) < 4.78 is 1.48. The largest absolute Gasteiger partial charge is 0.354 e. The van der Waals surface area contributed by atoms with Crippen molar-refractivity contribution < 1.29 is 0 Å². The standard InChI is InChI=1S/C73H82N6O2/c1-42-41-79(67(81)78-66(42)80)53-22-20-43(21-23-53)62-54-24-26-56(74-54)63(44-32-47(68(2,3)4)38-48(33-44)69(5,6)7)58-28-30-60(76-58)65(46-36-51(72(14,15)16)40-52(37-46)73(17,18)19)61-31-29-59(77-61)64(57-27-25-55(62)75-57)45-34-49(70(8,9)10)39-50(35-45)71(11,12)13/h20-41,74,77H,1-19H3,(H,78,80,81).